The van der Waals surface area contributed by atoms with E-state index in [0.29, 0.717) is 5.69 Å². The highest BCUT2D eigenvalue weighted by molar-refractivity contribution is 5.46. The molecule has 0 bridgehead atoms. The maximum absolute atomic E-state index is 8.80. The number of hydrogen-bond acceptors (Lipinski definition) is 7. The Morgan fingerprint density at radius 3 is 2.92 bits per heavy atom. The molecular weight excluding hydrogens is 304 g/mol. The van der Waals surface area contributed by atoms with Crippen molar-refractivity contribution in [3.05, 3.63) is 42.1 Å². The first-order valence-corrected chi connectivity index (χ1v) is 7.87. The van der Waals surface area contributed by atoms with Crippen molar-refractivity contribution in [1.82, 2.24) is 15.0 Å². The predicted octanol–water partition coefficient (Wildman–Crippen LogP) is 1.76. The molecule has 1 N–H and O–H groups in total. The summed E-state index contributed by atoms with van der Waals surface area (Å²) in [5.74, 6) is 0.923. The molecule has 1 aliphatic rings. The van der Waals surface area contributed by atoms with Crippen molar-refractivity contribution in [1.29, 1.82) is 5.26 Å². The lowest BCUT2D eigenvalue weighted by atomic mass is 10.2. The molecule has 0 saturated carbocycles. The van der Waals surface area contributed by atoms with E-state index in [1.807, 2.05) is 25.1 Å². The second-order valence-corrected chi connectivity index (χ2v) is 5.84. The Bertz CT molecular complexity index is 727. The minimum absolute atomic E-state index is 0.186. The van der Waals surface area contributed by atoms with Gasteiger partial charge < -0.3 is 15.0 Å². The third-order valence-corrected chi connectivity index (χ3v) is 4.21. The van der Waals surface area contributed by atoms with E-state index in [0.717, 1.165) is 36.7 Å². The highest BCUT2D eigenvalue weighted by Gasteiger charge is 2.32. The summed E-state index contributed by atoms with van der Waals surface area (Å²) in [6, 6.07) is 7.86. The Labute approximate surface area is 141 Å². The van der Waals surface area contributed by atoms with E-state index in [9.17, 15) is 0 Å². The zero-order chi connectivity index (χ0) is 16.9. The molecule has 0 unspecified atom stereocenters. The molecule has 1 fully saturated rings. The second-order valence-electron chi connectivity index (χ2n) is 5.84. The fraction of sp³-hybridized carbons (Fsp3) is 0.412. The van der Waals surface area contributed by atoms with Crippen molar-refractivity contribution < 1.29 is 4.74 Å². The van der Waals surface area contributed by atoms with E-state index in [-0.39, 0.29) is 12.1 Å². The second kappa shape index (κ2) is 7.23. The number of nitriles is 1. The molecule has 0 amide bonds. The number of ether oxygens (including phenoxy) is 1. The van der Waals surface area contributed by atoms with E-state index >= 15 is 0 Å². The molecule has 24 heavy (non-hydrogen) atoms. The van der Waals surface area contributed by atoms with Crippen LogP contribution in [0.3, 0.4) is 0 Å². The van der Waals surface area contributed by atoms with Crippen molar-refractivity contribution in [2.24, 2.45) is 0 Å². The quantitative estimate of drug-likeness (QED) is 0.896. The molecule has 0 spiro atoms. The first-order valence-electron chi connectivity index (χ1n) is 7.87. The van der Waals surface area contributed by atoms with Gasteiger partial charge in [0.1, 0.15) is 23.9 Å². The highest BCUT2D eigenvalue weighted by atomic mass is 16.5. The van der Waals surface area contributed by atoms with E-state index < -0.39 is 0 Å². The number of rotatable bonds is 5. The fourth-order valence-corrected chi connectivity index (χ4v) is 2.92. The van der Waals surface area contributed by atoms with Crippen LogP contribution in [0.4, 0.5) is 11.5 Å². The van der Waals surface area contributed by atoms with Gasteiger partial charge in [-0.15, -0.1) is 0 Å². The molecule has 3 heterocycles. The number of anilines is 2. The van der Waals surface area contributed by atoms with E-state index in [2.05, 4.69) is 25.2 Å². The Balaban J connectivity index is 1.70. The molecule has 2 aromatic heterocycles. The van der Waals surface area contributed by atoms with Crippen molar-refractivity contribution in [3.63, 3.8) is 0 Å². The van der Waals surface area contributed by atoms with Gasteiger partial charge in [0.2, 0.25) is 0 Å². The van der Waals surface area contributed by atoms with Gasteiger partial charge in [0, 0.05) is 32.0 Å². The predicted molar refractivity (Wildman–Crippen MR) is 90.8 cm³/mol. The van der Waals surface area contributed by atoms with Crippen LogP contribution in [0.25, 0.3) is 0 Å². The molecular formula is C17H20N6O. The monoisotopic (exact) mass is 324 g/mol. The van der Waals surface area contributed by atoms with E-state index in [4.69, 9.17) is 10.00 Å². The van der Waals surface area contributed by atoms with E-state index in [1.165, 1.54) is 0 Å². The first-order chi connectivity index (χ1) is 11.7. The molecule has 2 atom stereocenters. The van der Waals surface area contributed by atoms with Crippen LogP contribution in [-0.4, -0.2) is 47.3 Å². The zero-order valence-electron chi connectivity index (χ0n) is 13.8. The van der Waals surface area contributed by atoms with Crippen molar-refractivity contribution >= 4 is 11.5 Å². The number of hydrogen-bond donors (Lipinski definition) is 1. The lowest BCUT2D eigenvalue weighted by Gasteiger charge is -2.26. The van der Waals surface area contributed by atoms with Crippen molar-refractivity contribution in [2.45, 2.75) is 25.5 Å². The Morgan fingerprint density at radius 2 is 2.25 bits per heavy atom. The van der Waals surface area contributed by atoms with Crippen LogP contribution in [0.1, 0.15) is 17.8 Å². The SMILES string of the molecule is CO[C@H]1C[C@@H](CNc2ccc(C#N)nc2)N(c2cc(C)ncn2)C1. The van der Waals surface area contributed by atoms with Crippen LogP contribution >= 0.6 is 0 Å². The lowest BCUT2D eigenvalue weighted by Crippen LogP contribution is -2.35. The number of aryl methyl sites for hydroxylation is 1. The Hall–Kier alpha value is -2.72. The number of aromatic nitrogens is 3. The molecule has 2 aromatic rings. The fourth-order valence-electron chi connectivity index (χ4n) is 2.92. The van der Waals surface area contributed by atoms with Gasteiger partial charge >= 0.3 is 0 Å². The van der Waals surface area contributed by atoms with Crippen LogP contribution in [0, 0.1) is 18.3 Å². The summed E-state index contributed by atoms with van der Waals surface area (Å²) >= 11 is 0. The standard InChI is InChI=1S/C17H20N6O/c1-12-5-17(22-11-21-12)23-10-16(24-2)6-15(23)9-20-14-4-3-13(7-18)19-8-14/h3-5,8,11,15-16,20H,6,9-10H2,1-2H3/t15-,16-/m0/s1. The van der Waals surface area contributed by atoms with Gasteiger partial charge in [-0.2, -0.15) is 5.26 Å². The number of pyridine rings is 1. The summed E-state index contributed by atoms with van der Waals surface area (Å²) in [7, 11) is 1.74. The highest BCUT2D eigenvalue weighted by Crippen LogP contribution is 2.26. The summed E-state index contributed by atoms with van der Waals surface area (Å²) < 4.78 is 5.54. The minimum Gasteiger partial charge on any atom is -0.382 e. The smallest absolute Gasteiger partial charge is 0.140 e. The topological polar surface area (TPSA) is 87.0 Å². The molecule has 7 nitrogen and oxygen atoms in total. The molecule has 7 heteroatoms. The molecule has 0 aromatic carbocycles. The maximum atomic E-state index is 8.80. The van der Waals surface area contributed by atoms with Gasteiger partial charge in [-0.05, 0) is 25.5 Å². The zero-order valence-corrected chi connectivity index (χ0v) is 13.8. The molecule has 0 radical (unpaired) electrons. The molecule has 1 saturated heterocycles. The van der Waals surface area contributed by atoms with Gasteiger partial charge in [0.25, 0.3) is 0 Å². The Morgan fingerprint density at radius 1 is 1.38 bits per heavy atom. The van der Waals surface area contributed by atoms with Crippen LogP contribution in [0.2, 0.25) is 0 Å². The molecule has 1 aliphatic heterocycles. The normalized spacial score (nSPS) is 20.0. The third kappa shape index (κ3) is 3.60. The van der Waals surface area contributed by atoms with Crippen LogP contribution < -0.4 is 10.2 Å². The van der Waals surface area contributed by atoms with Crippen LogP contribution in [0.15, 0.2) is 30.7 Å². The largest absolute Gasteiger partial charge is 0.382 e. The average Bonchev–Trinajstić information content (AvgIpc) is 3.04. The number of nitrogens with zero attached hydrogens (tertiary/aromatic N) is 5. The minimum atomic E-state index is 0.186. The van der Waals surface area contributed by atoms with Crippen LogP contribution in [0.5, 0.6) is 0 Å². The van der Waals surface area contributed by atoms with Gasteiger partial charge in [-0.3, -0.25) is 0 Å². The van der Waals surface area contributed by atoms with Crippen molar-refractivity contribution in [2.75, 3.05) is 30.4 Å². The molecule has 3 rings (SSSR count). The first kappa shape index (κ1) is 16.1. The van der Waals surface area contributed by atoms with Crippen LogP contribution in [-0.2, 0) is 4.74 Å². The third-order valence-electron chi connectivity index (χ3n) is 4.21. The van der Waals surface area contributed by atoms with Gasteiger partial charge in [0.15, 0.2) is 0 Å². The van der Waals surface area contributed by atoms with Gasteiger partial charge in [0.05, 0.1) is 24.0 Å². The number of methoxy groups -OCH3 is 1. The van der Waals surface area contributed by atoms with Gasteiger partial charge in [-0.25, -0.2) is 15.0 Å². The summed E-state index contributed by atoms with van der Waals surface area (Å²) in [6.45, 7) is 3.52. The summed E-state index contributed by atoms with van der Waals surface area (Å²) in [4.78, 5) is 14.9. The summed E-state index contributed by atoms with van der Waals surface area (Å²) in [5, 5.41) is 12.2. The maximum Gasteiger partial charge on any atom is 0.140 e. The molecule has 0 aliphatic carbocycles. The molecule has 124 valence electrons. The lowest BCUT2D eigenvalue weighted by molar-refractivity contribution is 0.118. The van der Waals surface area contributed by atoms with E-state index in [1.54, 1.807) is 25.7 Å². The van der Waals surface area contributed by atoms with Crippen molar-refractivity contribution in [3.8, 4) is 6.07 Å². The van der Waals surface area contributed by atoms with Gasteiger partial charge in [-0.1, -0.05) is 0 Å². The average molecular weight is 324 g/mol. The summed E-state index contributed by atoms with van der Waals surface area (Å²) in [5.41, 5.74) is 2.26. The Kier molecular flexibility index (Phi) is 4.87. The summed E-state index contributed by atoms with van der Waals surface area (Å²) in [6.07, 6.45) is 4.39. The number of nitrogens with one attached hydrogen (secondary N) is 1.